The molecule has 29 heavy (non-hydrogen) atoms. The Kier molecular flexibility index (Phi) is 5.93. The first-order valence-corrected chi connectivity index (χ1v) is 10.9. The SMILES string of the molecule is CCCCN(Cc1nc2cccnc2n1C1CCCC1)C(=O)c1ccccc1C. The molecule has 0 bridgehead atoms. The molecule has 0 atom stereocenters. The lowest BCUT2D eigenvalue weighted by Gasteiger charge is -2.25. The Bertz CT molecular complexity index is 987. The van der Waals surface area contributed by atoms with E-state index in [-0.39, 0.29) is 5.91 Å². The second kappa shape index (κ2) is 8.76. The monoisotopic (exact) mass is 390 g/mol. The molecular formula is C24H30N4O. The van der Waals surface area contributed by atoms with Gasteiger partial charge in [0.2, 0.25) is 0 Å². The Labute approximate surface area is 172 Å². The molecule has 5 nitrogen and oxygen atoms in total. The van der Waals surface area contributed by atoms with Crippen molar-refractivity contribution in [3.63, 3.8) is 0 Å². The number of carbonyl (C=O) groups excluding carboxylic acids is 1. The van der Waals surface area contributed by atoms with Crippen LogP contribution >= 0.6 is 0 Å². The highest BCUT2D eigenvalue weighted by molar-refractivity contribution is 5.95. The number of nitrogens with zero attached hydrogens (tertiary/aromatic N) is 4. The van der Waals surface area contributed by atoms with Crippen molar-refractivity contribution in [1.82, 2.24) is 19.4 Å². The topological polar surface area (TPSA) is 51.0 Å². The molecule has 2 heterocycles. The van der Waals surface area contributed by atoms with Gasteiger partial charge in [-0.05, 0) is 49.9 Å². The van der Waals surface area contributed by atoms with Crippen LogP contribution in [0.4, 0.5) is 0 Å². The number of aromatic nitrogens is 3. The van der Waals surface area contributed by atoms with Crippen LogP contribution in [0.5, 0.6) is 0 Å². The molecule has 1 saturated carbocycles. The number of imidazole rings is 1. The smallest absolute Gasteiger partial charge is 0.254 e. The molecule has 0 unspecified atom stereocenters. The fraction of sp³-hybridized carbons (Fsp3) is 0.458. The molecule has 2 aromatic heterocycles. The molecule has 0 saturated heterocycles. The van der Waals surface area contributed by atoms with Gasteiger partial charge in [0.15, 0.2) is 5.65 Å². The summed E-state index contributed by atoms with van der Waals surface area (Å²) in [7, 11) is 0. The summed E-state index contributed by atoms with van der Waals surface area (Å²) in [6, 6.07) is 12.2. The van der Waals surface area contributed by atoms with Gasteiger partial charge in [0.1, 0.15) is 11.3 Å². The average Bonchev–Trinajstić information content (AvgIpc) is 3.38. The van der Waals surface area contributed by atoms with Crippen LogP contribution in [0, 0.1) is 6.92 Å². The van der Waals surface area contributed by atoms with Crippen LogP contribution in [-0.4, -0.2) is 31.9 Å². The second-order valence-electron chi connectivity index (χ2n) is 8.08. The van der Waals surface area contributed by atoms with Crippen LogP contribution in [-0.2, 0) is 6.54 Å². The maximum absolute atomic E-state index is 13.4. The molecule has 0 radical (unpaired) electrons. The summed E-state index contributed by atoms with van der Waals surface area (Å²) in [6.45, 7) is 5.43. The van der Waals surface area contributed by atoms with Crippen molar-refractivity contribution in [2.45, 2.75) is 65.0 Å². The predicted octanol–water partition coefficient (Wildman–Crippen LogP) is 5.30. The first-order valence-electron chi connectivity index (χ1n) is 10.9. The molecule has 1 aliphatic carbocycles. The number of hydrogen-bond acceptors (Lipinski definition) is 3. The van der Waals surface area contributed by atoms with Crippen molar-refractivity contribution in [2.75, 3.05) is 6.54 Å². The maximum Gasteiger partial charge on any atom is 0.254 e. The third-order valence-corrected chi connectivity index (χ3v) is 5.99. The lowest BCUT2D eigenvalue weighted by molar-refractivity contribution is 0.0733. The first-order chi connectivity index (χ1) is 14.2. The quantitative estimate of drug-likeness (QED) is 0.550. The molecule has 152 valence electrons. The Hall–Kier alpha value is -2.69. The number of amides is 1. The molecule has 1 amide bonds. The van der Waals surface area contributed by atoms with Crippen LogP contribution < -0.4 is 0 Å². The number of benzene rings is 1. The minimum Gasteiger partial charge on any atom is -0.331 e. The standard InChI is InChI=1S/C24H30N4O/c1-3-4-16-27(24(29)20-13-8-5-10-18(20)2)17-22-26-21-14-9-15-25-23(21)28(22)19-11-6-7-12-19/h5,8-10,13-15,19H,3-4,6-7,11-12,16-17H2,1-2H3. The van der Waals surface area contributed by atoms with Crippen LogP contribution in [0.2, 0.25) is 0 Å². The molecule has 0 N–H and O–H groups in total. The molecule has 1 aromatic carbocycles. The van der Waals surface area contributed by atoms with E-state index in [0.29, 0.717) is 12.6 Å². The van der Waals surface area contributed by atoms with Gasteiger partial charge in [-0.3, -0.25) is 4.79 Å². The van der Waals surface area contributed by atoms with Crippen molar-refractivity contribution in [3.8, 4) is 0 Å². The summed E-state index contributed by atoms with van der Waals surface area (Å²) in [6.07, 6.45) is 8.70. The summed E-state index contributed by atoms with van der Waals surface area (Å²) >= 11 is 0. The van der Waals surface area contributed by atoms with E-state index in [1.807, 2.05) is 54.4 Å². The van der Waals surface area contributed by atoms with E-state index in [4.69, 9.17) is 4.98 Å². The van der Waals surface area contributed by atoms with Gasteiger partial charge in [-0.1, -0.05) is 44.4 Å². The number of unbranched alkanes of at least 4 members (excludes halogenated alkanes) is 1. The summed E-state index contributed by atoms with van der Waals surface area (Å²) in [4.78, 5) is 24.9. The van der Waals surface area contributed by atoms with Gasteiger partial charge in [0, 0.05) is 24.3 Å². The molecular weight excluding hydrogens is 360 g/mol. The molecule has 1 fully saturated rings. The van der Waals surface area contributed by atoms with Gasteiger partial charge in [-0.2, -0.15) is 0 Å². The first kappa shape index (κ1) is 19.6. The lowest BCUT2D eigenvalue weighted by Crippen LogP contribution is -2.33. The number of aryl methyl sites for hydroxylation is 1. The van der Waals surface area contributed by atoms with Crippen molar-refractivity contribution in [1.29, 1.82) is 0 Å². The average molecular weight is 391 g/mol. The van der Waals surface area contributed by atoms with Crippen molar-refractivity contribution < 1.29 is 4.79 Å². The van der Waals surface area contributed by atoms with Crippen molar-refractivity contribution >= 4 is 17.1 Å². The summed E-state index contributed by atoms with van der Waals surface area (Å²) in [5, 5.41) is 0. The van der Waals surface area contributed by atoms with Gasteiger partial charge in [0.05, 0.1) is 6.54 Å². The number of pyridine rings is 1. The summed E-state index contributed by atoms with van der Waals surface area (Å²) < 4.78 is 2.31. The van der Waals surface area contributed by atoms with Gasteiger partial charge >= 0.3 is 0 Å². The van der Waals surface area contributed by atoms with E-state index in [2.05, 4.69) is 16.5 Å². The number of carbonyl (C=O) groups is 1. The van der Waals surface area contributed by atoms with E-state index in [1.165, 1.54) is 12.8 Å². The summed E-state index contributed by atoms with van der Waals surface area (Å²) in [5.74, 6) is 1.05. The zero-order valence-corrected chi connectivity index (χ0v) is 17.5. The Morgan fingerprint density at radius 1 is 1.17 bits per heavy atom. The second-order valence-corrected chi connectivity index (χ2v) is 8.08. The maximum atomic E-state index is 13.4. The van der Waals surface area contributed by atoms with E-state index >= 15 is 0 Å². The fourth-order valence-electron chi connectivity index (χ4n) is 4.39. The zero-order chi connectivity index (χ0) is 20.2. The molecule has 1 aliphatic rings. The van der Waals surface area contributed by atoms with Crippen LogP contribution in [0.3, 0.4) is 0 Å². The molecule has 0 spiro atoms. The van der Waals surface area contributed by atoms with Crippen molar-refractivity contribution in [3.05, 3.63) is 59.5 Å². The third kappa shape index (κ3) is 4.04. The van der Waals surface area contributed by atoms with E-state index in [1.54, 1.807) is 0 Å². The minimum atomic E-state index is 0.0922. The van der Waals surface area contributed by atoms with Gasteiger partial charge in [-0.15, -0.1) is 0 Å². The van der Waals surface area contributed by atoms with E-state index in [9.17, 15) is 4.79 Å². The number of hydrogen-bond donors (Lipinski definition) is 0. The lowest BCUT2D eigenvalue weighted by atomic mass is 10.1. The molecule has 0 aliphatic heterocycles. The zero-order valence-electron chi connectivity index (χ0n) is 17.5. The Morgan fingerprint density at radius 2 is 1.97 bits per heavy atom. The largest absolute Gasteiger partial charge is 0.331 e. The van der Waals surface area contributed by atoms with E-state index in [0.717, 1.165) is 60.3 Å². The number of rotatable bonds is 7. The normalized spacial score (nSPS) is 14.6. The van der Waals surface area contributed by atoms with Crippen LogP contribution in [0.1, 0.15) is 73.2 Å². The highest BCUT2D eigenvalue weighted by atomic mass is 16.2. The van der Waals surface area contributed by atoms with Crippen LogP contribution in [0.15, 0.2) is 42.6 Å². The van der Waals surface area contributed by atoms with Gasteiger partial charge in [0.25, 0.3) is 5.91 Å². The summed E-state index contributed by atoms with van der Waals surface area (Å²) in [5.41, 5.74) is 3.68. The van der Waals surface area contributed by atoms with Gasteiger partial charge in [-0.25, -0.2) is 9.97 Å². The molecule has 5 heteroatoms. The minimum absolute atomic E-state index is 0.0922. The highest BCUT2D eigenvalue weighted by Crippen LogP contribution is 2.33. The molecule has 3 aromatic rings. The number of fused-ring (bicyclic) bond motifs is 1. The third-order valence-electron chi connectivity index (χ3n) is 5.99. The van der Waals surface area contributed by atoms with Crippen LogP contribution in [0.25, 0.3) is 11.2 Å². The highest BCUT2D eigenvalue weighted by Gasteiger charge is 2.26. The van der Waals surface area contributed by atoms with Crippen molar-refractivity contribution in [2.24, 2.45) is 0 Å². The fourth-order valence-corrected chi connectivity index (χ4v) is 4.39. The Morgan fingerprint density at radius 3 is 2.72 bits per heavy atom. The van der Waals surface area contributed by atoms with Gasteiger partial charge < -0.3 is 9.47 Å². The van der Waals surface area contributed by atoms with E-state index < -0.39 is 0 Å². The Balaban J connectivity index is 1.70. The molecule has 4 rings (SSSR count). The predicted molar refractivity (Wildman–Crippen MR) is 116 cm³/mol.